The Morgan fingerprint density at radius 3 is 1.35 bits per heavy atom. The summed E-state index contributed by atoms with van der Waals surface area (Å²) >= 11 is 0. The first-order chi connectivity index (χ1) is 26.7. The van der Waals surface area contributed by atoms with Gasteiger partial charge in [-0.1, -0.05) is 182 Å². The molecule has 1 aromatic heterocycles. The smallest absolute Gasteiger partial charge is 0.123 e. The van der Waals surface area contributed by atoms with E-state index in [9.17, 15) is 4.39 Å². The second-order valence-corrected chi connectivity index (χ2v) is 14.0. The van der Waals surface area contributed by atoms with Crippen LogP contribution in [0.3, 0.4) is 0 Å². The van der Waals surface area contributed by atoms with Crippen LogP contribution in [0.2, 0.25) is 0 Å². The fraction of sp³-hybridized carbons (Fsp3) is 0.0192. The van der Waals surface area contributed by atoms with Crippen LogP contribution in [0.25, 0.3) is 76.7 Å². The molecule has 0 aliphatic heterocycles. The van der Waals surface area contributed by atoms with Crippen molar-refractivity contribution in [3.05, 3.63) is 223 Å². The lowest BCUT2D eigenvalue weighted by molar-refractivity contribution is 0.628. The molecule has 0 aliphatic carbocycles. The number of rotatable bonds is 6. The summed E-state index contributed by atoms with van der Waals surface area (Å²) in [7, 11) is 0. The first-order valence-electron chi connectivity index (χ1n) is 18.4. The van der Waals surface area contributed by atoms with Gasteiger partial charge >= 0.3 is 0 Å². The van der Waals surface area contributed by atoms with Crippen molar-refractivity contribution in [2.75, 3.05) is 0 Å². The zero-order valence-electron chi connectivity index (χ0n) is 29.5. The maximum absolute atomic E-state index is 13.7. The summed E-state index contributed by atoms with van der Waals surface area (Å²) in [6.45, 7) is 0. The topological polar surface area (TPSA) is 12.9 Å². The summed E-state index contributed by atoms with van der Waals surface area (Å²) in [5.74, 6) is -0.0913. The monoisotopic (exact) mass is 691 g/mol. The summed E-state index contributed by atoms with van der Waals surface area (Å²) in [6.07, 6.45) is 0. The summed E-state index contributed by atoms with van der Waals surface area (Å²) in [6, 6.07) is 69.8. The SMILES string of the molecule is Fc1ccc(-c2ccc(-c3nc4cc(-c5ccc(C(c6ccccc6)c6ccccc6)cc5)ccc4c4c5ccccc5c5ccccc5c34)cc2)cc1. The lowest BCUT2D eigenvalue weighted by atomic mass is 9.84. The van der Waals surface area contributed by atoms with Gasteiger partial charge in [-0.3, -0.25) is 0 Å². The normalized spacial score (nSPS) is 11.6. The Kier molecular flexibility index (Phi) is 7.81. The molecular formula is C52H34FN. The number of hydrogen-bond acceptors (Lipinski definition) is 1. The molecule has 2 heteroatoms. The number of fused-ring (bicyclic) bond motifs is 8. The molecule has 1 heterocycles. The molecule has 0 spiro atoms. The highest BCUT2D eigenvalue weighted by molar-refractivity contribution is 6.33. The second kappa shape index (κ2) is 13.3. The maximum Gasteiger partial charge on any atom is 0.123 e. The van der Waals surface area contributed by atoms with E-state index in [0.29, 0.717) is 0 Å². The molecule has 0 aliphatic rings. The van der Waals surface area contributed by atoms with Gasteiger partial charge in [-0.05, 0) is 78.7 Å². The van der Waals surface area contributed by atoms with Crippen LogP contribution < -0.4 is 0 Å². The quantitative estimate of drug-likeness (QED) is 0.125. The van der Waals surface area contributed by atoms with E-state index in [1.807, 2.05) is 12.1 Å². The highest BCUT2D eigenvalue weighted by atomic mass is 19.1. The standard InChI is InChI=1S/C52H34FN/c53-42-30-27-35(28-31-42)34-21-25-40(26-22-34)52-51-46-18-10-8-16-44(46)43-15-7-9-17-45(43)50(51)47-32-29-41(33-48(47)54-52)36-19-23-39(24-20-36)49(37-11-3-1-4-12-37)38-13-5-2-6-14-38/h1-33,49H. The average Bonchev–Trinajstić information content (AvgIpc) is 3.24. The van der Waals surface area contributed by atoms with E-state index in [1.165, 1.54) is 55.8 Å². The van der Waals surface area contributed by atoms with E-state index in [4.69, 9.17) is 4.98 Å². The lowest BCUT2D eigenvalue weighted by Crippen LogP contribution is -2.03. The zero-order chi connectivity index (χ0) is 36.0. The van der Waals surface area contributed by atoms with Crippen LogP contribution in [0.1, 0.15) is 22.6 Å². The van der Waals surface area contributed by atoms with Gasteiger partial charge < -0.3 is 0 Å². The van der Waals surface area contributed by atoms with Crippen LogP contribution in [-0.4, -0.2) is 4.98 Å². The number of aromatic nitrogens is 1. The summed E-state index contributed by atoms with van der Waals surface area (Å²) in [5.41, 5.74) is 11.0. The third-order valence-corrected chi connectivity index (χ3v) is 10.8. The molecule has 0 unspecified atom stereocenters. The molecular weight excluding hydrogens is 658 g/mol. The molecule has 0 N–H and O–H groups in total. The fourth-order valence-corrected chi connectivity index (χ4v) is 8.27. The molecule has 0 fully saturated rings. The predicted molar refractivity (Wildman–Crippen MR) is 224 cm³/mol. The summed E-state index contributed by atoms with van der Waals surface area (Å²) in [5, 5.41) is 8.34. The number of nitrogens with zero attached hydrogens (tertiary/aromatic N) is 1. The van der Waals surface area contributed by atoms with Crippen molar-refractivity contribution in [2.24, 2.45) is 0 Å². The predicted octanol–water partition coefficient (Wildman–Crippen LogP) is 14.0. The van der Waals surface area contributed by atoms with Crippen molar-refractivity contribution in [3.8, 4) is 33.5 Å². The molecule has 9 aromatic carbocycles. The third-order valence-electron chi connectivity index (χ3n) is 10.8. The number of halogens is 1. The van der Waals surface area contributed by atoms with Crippen molar-refractivity contribution in [3.63, 3.8) is 0 Å². The minimum Gasteiger partial charge on any atom is -0.247 e. The van der Waals surface area contributed by atoms with Crippen LogP contribution in [0, 0.1) is 5.82 Å². The first-order valence-corrected chi connectivity index (χ1v) is 18.4. The van der Waals surface area contributed by atoms with Crippen molar-refractivity contribution < 1.29 is 4.39 Å². The van der Waals surface area contributed by atoms with Crippen LogP contribution in [0.5, 0.6) is 0 Å². The molecule has 0 saturated heterocycles. The molecule has 54 heavy (non-hydrogen) atoms. The number of benzene rings is 9. The van der Waals surface area contributed by atoms with Gasteiger partial charge in [0.1, 0.15) is 5.82 Å². The Bertz CT molecular complexity index is 2910. The molecule has 0 amide bonds. The zero-order valence-corrected chi connectivity index (χ0v) is 29.5. The van der Waals surface area contributed by atoms with E-state index in [0.717, 1.165) is 49.8 Å². The Hall–Kier alpha value is -6.90. The van der Waals surface area contributed by atoms with Gasteiger partial charge in [0.05, 0.1) is 11.2 Å². The van der Waals surface area contributed by atoms with E-state index >= 15 is 0 Å². The van der Waals surface area contributed by atoms with Crippen LogP contribution in [0.4, 0.5) is 4.39 Å². The van der Waals surface area contributed by atoms with Crippen molar-refractivity contribution in [2.45, 2.75) is 5.92 Å². The molecule has 0 radical (unpaired) electrons. The molecule has 10 aromatic rings. The largest absolute Gasteiger partial charge is 0.247 e. The second-order valence-electron chi connectivity index (χ2n) is 14.0. The van der Waals surface area contributed by atoms with Crippen molar-refractivity contribution in [1.82, 2.24) is 4.98 Å². The van der Waals surface area contributed by atoms with Gasteiger partial charge in [0.15, 0.2) is 0 Å². The summed E-state index contributed by atoms with van der Waals surface area (Å²) < 4.78 is 13.7. The maximum atomic E-state index is 13.7. The van der Waals surface area contributed by atoms with Gasteiger partial charge in [-0.2, -0.15) is 0 Å². The molecule has 0 saturated carbocycles. The molecule has 0 atom stereocenters. The molecule has 10 rings (SSSR count). The number of pyridine rings is 1. The molecule has 0 bridgehead atoms. The van der Waals surface area contributed by atoms with Crippen LogP contribution in [-0.2, 0) is 0 Å². The lowest BCUT2D eigenvalue weighted by Gasteiger charge is -2.19. The Morgan fingerprint density at radius 2 is 0.759 bits per heavy atom. The van der Waals surface area contributed by atoms with Gasteiger partial charge in [0, 0.05) is 27.6 Å². The minimum atomic E-state index is -0.236. The Balaban J connectivity index is 1.15. The van der Waals surface area contributed by atoms with E-state index in [2.05, 4.69) is 176 Å². The van der Waals surface area contributed by atoms with Crippen LogP contribution in [0.15, 0.2) is 200 Å². The Labute approximate surface area is 313 Å². The van der Waals surface area contributed by atoms with E-state index in [1.54, 1.807) is 0 Å². The highest BCUT2D eigenvalue weighted by Crippen LogP contribution is 2.44. The van der Waals surface area contributed by atoms with Gasteiger partial charge in [0.25, 0.3) is 0 Å². The van der Waals surface area contributed by atoms with Crippen molar-refractivity contribution >= 4 is 43.2 Å². The third kappa shape index (κ3) is 5.52. The van der Waals surface area contributed by atoms with Gasteiger partial charge in [-0.25, -0.2) is 9.37 Å². The van der Waals surface area contributed by atoms with Gasteiger partial charge in [0.2, 0.25) is 0 Å². The fourth-order valence-electron chi connectivity index (χ4n) is 8.27. The Morgan fingerprint density at radius 1 is 0.333 bits per heavy atom. The van der Waals surface area contributed by atoms with Crippen LogP contribution >= 0.6 is 0 Å². The summed E-state index contributed by atoms with van der Waals surface area (Å²) in [4.78, 5) is 5.51. The molecule has 1 nitrogen and oxygen atoms in total. The van der Waals surface area contributed by atoms with Gasteiger partial charge in [-0.15, -0.1) is 0 Å². The minimum absolute atomic E-state index is 0.145. The highest BCUT2D eigenvalue weighted by Gasteiger charge is 2.19. The van der Waals surface area contributed by atoms with E-state index in [-0.39, 0.29) is 11.7 Å². The average molecular weight is 692 g/mol. The van der Waals surface area contributed by atoms with Crippen molar-refractivity contribution in [1.29, 1.82) is 0 Å². The first kappa shape index (κ1) is 31.8. The number of hydrogen-bond donors (Lipinski definition) is 0. The van der Waals surface area contributed by atoms with E-state index < -0.39 is 0 Å². The molecule has 254 valence electrons.